The van der Waals surface area contributed by atoms with Crippen LogP contribution in [0.15, 0.2) is 24.3 Å². The van der Waals surface area contributed by atoms with Crippen molar-refractivity contribution in [2.24, 2.45) is 0 Å². The quantitative estimate of drug-likeness (QED) is 0.200. The van der Waals surface area contributed by atoms with Gasteiger partial charge in [0, 0.05) is 57.5 Å². The van der Waals surface area contributed by atoms with Crippen LogP contribution >= 0.6 is 0 Å². The number of carboxylic acid groups (broad SMARTS) is 4. The van der Waals surface area contributed by atoms with Crippen LogP contribution in [-0.2, 0) is 51.8 Å². The summed E-state index contributed by atoms with van der Waals surface area (Å²) in [6.07, 6.45) is 0.418. The number of rotatable bonds is 10. The topological polar surface area (TPSA) is 188 Å². The maximum absolute atomic E-state index is 11.7. The van der Waals surface area contributed by atoms with E-state index >= 15 is 0 Å². The molecule has 0 aromatic heterocycles. The minimum absolute atomic E-state index is 0. The van der Waals surface area contributed by atoms with Crippen LogP contribution in [-0.4, -0.2) is 142 Å². The van der Waals surface area contributed by atoms with Crippen molar-refractivity contribution in [1.82, 2.24) is 19.6 Å². The maximum atomic E-state index is 11.7. The number of hydrogen-bond donors (Lipinski definition) is 5. The van der Waals surface area contributed by atoms with Gasteiger partial charge in [0.2, 0.25) is 0 Å². The third-order valence-corrected chi connectivity index (χ3v) is 6.02. The van der Waals surface area contributed by atoms with E-state index in [4.69, 9.17) is 5.73 Å². The summed E-state index contributed by atoms with van der Waals surface area (Å²) in [4.78, 5) is 52.8. The molecule has 13 nitrogen and oxygen atoms in total. The van der Waals surface area contributed by atoms with Crippen LogP contribution < -0.4 is 5.73 Å². The molecule has 0 spiro atoms. The predicted molar refractivity (Wildman–Crippen MR) is 130 cm³/mol. The monoisotopic (exact) mass is 599 g/mol. The number of nitrogens with zero attached hydrogens (tertiary/aromatic N) is 4. The molecule has 1 atom stereocenters. The van der Waals surface area contributed by atoms with Gasteiger partial charge in [-0.15, -0.1) is 0 Å². The fraction of sp³-hybridized carbons (Fsp3) is 0.565. The molecular weight excluding hydrogens is 566 g/mol. The maximum Gasteiger partial charge on any atom is 4.00 e. The van der Waals surface area contributed by atoms with Gasteiger partial charge < -0.3 is 26.2 Å². The van der Waals surface area contributed by atoms with Gasteiger partial charge in [0.25, 0.3) is 0 Å². The van der Waals surface area contributed by atoms with Crippen molar-refractivity contribution in [3.63, 3.8) is 0 Å². The van der Waals surface area contributed by atoms with Gasteiger partial charge in [-0.25, -0.2) is 0 Å². The summed E-state index contributed by atoms with van der Waals surface area (Å²) >= 11 is 0. The van der Waals surface area contributed by atoms with E-state index in [-0.39, 0.29) is 98.2 Å². The molecule has 1 aromatic rings. The summed E-state index contributed by atoms with van der Waals surface area (Å²) in [5, 5.41) is 37.7. The second-order valence-corrected chi connectivity index (χ2v) is 8.93. The minimum Gasteiger partial charge on any atom is -0.480 e. The summed E-state index contributed by atoms with van der Waals surface area (Å²) in [6.45, 7) is 0.637. The Hall–Kier alpha value is -2.38. The minimum atomic E-state index is -1.05. The van der Waals surface area contributed by atoms with Gasteiger partial charge in [0.1, 0.15) is 0 Å². The third-order valence-electron chi connectivity index (χ3n) is 6.02. The Bertz CT molecular complexity index is 904. The molecule has 200 valence electrons. The van der Waals surface area contributed by atoms with E-state index in [1.165, 1.54) is 0 Å². The number of aliphatic carboxylic acids is 4. The van der Waals surface area contributed by atoms with E-state index in [1.807, 2.05) is 12.1 Å². The molecule has 14 heteroatoms. The summed E-state index contributed by atoms with van der Waals surface area (Å²) in [7, 11) is 0. The molecule has 1 saturated heterocycles. The van der Waals surface area contributed by atoms with Crippen molar-refractivity contribution in [1.29, 1.82) is 0 Å². The SMILES string of the molecule is Nc1ccc(C[C@H]2CN(CC(=O)O)CCN(CC(=O)O)CCN(CC(=O)O)CCN2CC(=O)O)cc1.[Zr+4]. The normalized spacial score (nSPS) is 19.2. The molecule has 0 amide bonds. The first-order valence-electron chi connectivity index (χ1n) is 11.6. The molecule has 1 aliphatic heterocycles. The summed E-state index contributed by atoms with van der Waals surface area (Å²) in [5.74, 6) is -4.17. The zero-order chi connectivity index (χ0) is 26.7. The molecule has 1 aromatic carbocycles. The predicted octanol–water partition coefficient (Wildman–Crippen LogP) is -1.26. The second kappa shape index (κ2) is 16.5. The van der Waals surface area contributed by atoms with Gasteiger partial charge >= 0.3 is 50.1 Å². The number of nitrogen functional groups attached to an aromatic ring is 1. The fourth-order valence-corrected chi connectivity index (χ4v) is 4.28. The number of carbonyl (C=O) groups is 4. The van der Waals surface area contributed by atoms with Crippen LogP contribution in [0.25, 0.3) is 0 Å². The van der Waals surface area contributed by atoms with Crippen LogP contribution in [0.2, 0.25) is 0 Å². The molecule has 2 rings (SSSR count). The van der Waals surface area contributed by atoms with Crippen molar-refractivity contribution in [3.05, 3.63) is 29.8 Å². The Morgan fingerprint density at radius 1 is 0.676 bits per heavy atom. The Labute approximate surface area is 234 Å². The van der Waals surface area contributed by atoms with Crippen molar-refractivity contribution in [3.8, 4) is 0 Å². The average Bonchev–Trinajstić information content (AvgIpc) is 2.76. The molecular formula is C23H35N5O8Zr+4. The van der Waals surface area contributed by atoms with Crippen LogP contribution in [0.3, 0.4) is 0 Å². The number of benzene rings is 1. The first-order valence-corrected chi connectivity index (χ1v) is 11.6. The molecule has 1 aliphatic rings. The van der Waals surface area contributed by atoms with E-state index in [9.17, 15) is 39.6 Å². The number of hydrogen-bond acceptors (Lipinski definition) is 9. The van der Waals surface area contributed by atoms with E-state index < -0.39 is 29.9 Å². The van der Waals surface area contributed by atoms with E-state index in [0.29, 0.717) is 12.1 Å². The largest absolute Gasteiger partial charge is 4.00 e. The third kappa shape index (κ3) is 13.1. The van der Waals surface area contributed by atoms with Crippen molar-refractivity contribution >= 4 is 29.6 Å². The van der Waals surface area contributed by atoms with E-state index in [2.05, 4.69) is 0 Å². The molecule has 0 unspecified atom stereocenters. The van der Waals surface area contributed by atoms with Crippen molar-refractivity contribution in [2.75, 3.05) is 77.7 Å². The number of nitrogens with two attached hydrogens (primary N) is 1. The van der Waals surface area contributed by atoms with Crippen LogP contribution in [0, 0.1) is 0 Å². The number of anilines is 1. The molecule has 1 heterocycles. The van der Waals surface area contributed by atoms with Crippen LogP contribution in [0.1, 0.15) is 5.56 Å². The Kier molecular flexibility index (Phi) is 14.5. The zero-order valence-corrected chi connectivity index (χ0v) is 23.1. The molecule has 0 bridgehead atoms. The first kappa shape index (κ1) is 32.7. The molecule has 37 heavy (non-hydrogen) atoms. The Morgan fingerprint density at radius 2 is 1.08 bits per heavy atom. The summed E-state index contributed by atoms with van der Waals surface area (Å²) in [6, 6.07) is 6.73. The zero-order valence-electron chi connectivity index (χ0n) is 20.7. The van der Waals surface area contributed by atoms with Gasteiger partial charge in [0.05, 0.1) is 26.2 Å². The molecule has 6 N–H and O–H groups in total. The summed E-state index contributed by atoms with van der Waals surface area (Å²) in [5.41, 5.74) is 7.26. The van der Waals surface area contributed by atoms with E-state index in [0.717, 1.165) is 5.56 Å². The van der Waals surface area contributed by atoms with Crippen molar-refractivity contribution in [2.45, 2.75) is 12.5 Å². The van der Waals surface area contributed by atoms with E-state index in [1.54, 1.807) is 31.7 Å². The molecule has 0 saturated carbocycles. The standard InChI is InChI=1S/C23H35N5O8.Zr/c24-18-3-1-17(2-4-18)11-19-12-27(15-22(33)34)8-7-25(13-20(29)30)5-6-26(14-21(31)32)9-10-28(19)16-23(35)36;/h1-4,19H,5-16,24H2,(H,29,30)(H,31,32)(H,33,34)(H,35,36);/q;+4/t19-;/m0./s1. The fourth-order valence-electron chi connectivity index (χ4n) is 4.28. The average molecular weight is 601 g/mol. The number of carboxylic acids is 4. The smallest absolute Gasteiger partial charge is 0.480 e. The van der Waals surface area contributed by atoms with Gasteiger partial charge in [-0.05, 0) is 24.1 Å². The van der Waals surface area contributed by atoms with Crippen LogP contribution in [0.5, 0.6) is 0 Å². The molecule has 1 fully saturated rings. The van der Waals surface area contributed by atoms with Gasteiger partial charge in [0.15, 0.2) is 0 Å². The molecule has 0 aliphatic carbocycles. The Balaban J connectivity index is 0.00000684. The van der Waals surface area contributed by atoms with Crippen molar-refractivity contribution < 1.29 is 65.8 Å². The summed E-state index contributed by atoms with van der Waals surface area (Å²) < 4.78 is 0. The molecule has 0 radical (unpaired) electrons. The van der Waals surface area contributed by atoms with Gasteiger partial charge in [-0.2, -0.15) is 0 Å². The second-order valence-electron chi connectivity index (χ2n) is 8.93. The van der Waals surface area contributed by atoms with Crippen LogP contribution in [0.4, 0.5) is 5.69 Å². The van der Waals surface area contributed by atoms with Gasteiger partial charge in [-0.3, -0.25) is 38.8 Å². The Morgan fingerprint density at radius 3 is 1.54 bits per heavy atom. The first-order chi connectivity index (χ1) is 17.0. The van der Waals surface area contributed by atoms with Gasteiger partial charge in [-0.1, -0.05) is 12.1 Å².